The molecule has 2 aromatic heterocycles. The summed E-state index contributed by atoms with van der Waals surface area (Å²) in [6.45, 7) is 1.55. The fourth-order valence-electron chi connectivity index (χ4n) is 3.16. The zero-order valence-electron chi connectivity index (χ0n) is 13.9. The van der Waals surface area contributed by atoms with Gasteiger partial charge in [-0.15, -0.1) is 0 Å². The average molecular weight is 371 g/mol. The number of nitrogens with zero attached hydrogens (tertiary/aromatic N) is 3. The third-order valence-corrected chi connectivity index (χ3v) is 4.78. The summed E-state index contributed by atoms with van der Waals surface area (Å²) in [5.74, 6) is 0.0538. The van der Waals surface area contributed by atoms with Gasteiger partial charge in [-0.05, 0) is 24.6 Å². The van der Waals surface area contributed by atoms with E-state index in [0.29, 0.717) is 54.4 Å². The highest BCUT2D eigenvalue weighted by atomic mass is 35.5. The number of benzene rings is 1. The molecule has 0 saturated heterocycles. The van der Waals surface area contributed by atoms with Gasteiger partial charge in [-0.25, -0.2) is 9.37 Å². The second-order valence-corrected chi connectivity index (χ2v) is 6.64. The first kappa shape index (κ1) is 16.9. The summed E-state index contributed by atoms with van der Waals surface area (Å²) in [6.07, 6.45) is 2.23. The molecule has 7 heteroatoms. The van der Waals surface area contributed by atoms with Crippen LogP contribution in [0, 0.1) is 5.82 Å². The largest absolute Gasteiger partial charge is 0.305 e. The minimum Gasteiger partial charge on any atom is -0.305 e. The molecule has 3 aromatic rings. The van der Waals surface area contributed by atoms with Gasteiger partial charge in [0.1, 0.15) is 11.5 Å². The minimum atomic E-state index is -0.395. The Kier molecular flexibility index (Phi) is 4.53. The highest BCUT2D eigenvalue weighted by Crippen LogP contribution is 2.22. The Morgan fingerprint density at radius 2 is 2.12 bits per heavy atom. The van der Waals surface area contributed by atoms with Gasteiger partial charge in [0.05, 0.1) is 10.7 Å². The van der Waals surface area contributed by atoms with Gasteiger partial charge in [0.25, 0.3) is 5.56 Å². The van der Waals surface area contributed by atoms with E-state index in [4.69, 9.17) is 11.6 Å². The molecule has 0 amide bonds. The fraction of sp³-hybridized carbons (Fsp3) is 0.211. The van der Waals surface area contributed by atoms with Crippen molar-refractivity contribution in [2.75, 3.05) is 6.54 Å². The molecule has 1 N–H and O–H groups in total. The molecule has 132 valence electrons. The Morgan fingerprint density at radius 1 is 1.23 bits per heavy atom. The molecule has 1 aliphatic rings. The van der Waals surface area contributed by atoms with Gasteiger partial charge in [-0.2, -0.15) is 0 Å². The zero-order chi connectivity index (χ0) is 18.1. The first-order valence-corrected chi connectivity index (χ1v) is 8.68. The first-order chi connectivity index (χ1) is 12.6. The maximum Gasteiger partial charge on any atom is 0.254 e. The Labute approximate surface area is 154 Å². The molecule has 0 bridgehead atoms. The summed E-state index contributed by atoms with van der Waals surface area (Å²) in [6, 6.07) is 10.4. The molecule has 26 heavy (non-hydrogen) atoms. The highest BCUT2D eigenvalue weighted by molar-refractivity contribution is 6.30. The Hall–Kier alpha value is -2.57. The Balaban J connectivity index is 1.63. The number of nitrogens with one attached hydrogen (secondary N) is 1. The van der Waals surface area contributed by atoms with Crippen LogP contribution in [0.2, 0.25) is 5.02 Å². The number of hydrogen-bond acceptors (Lipinski definition) is 4. The van der Waals surface area contributed by atoms with Gasteiger partial charge in [-0.1, -0.05) is 29.8 Å². The molecule has 0 aliphatic carbocycles. The van der Waals surface area contributed by atoms with E-state index in [2.05, 4.69) is 19.9 Å². The minimum absolute atomic E-state index is 0.118. The zero-order valence-corrected chi connectivity index (χ0v) is 14.6. The molecule has 1 aromatic carbocycles. The molecular weight excluding hydrogens is 355 g/mol. The summed E-state index contributed by atoms with van der Waals surface area (Å²) in [4.78, 5) is 26.1. The second kappa shape index (κ2) is 6.97. The maximum atomic E-state index is 14.2. The lowest BCUT2D eigenvalue weighted by Crippen LogP contribution is -2.35. The van der Waals surface area contributed by atoms with E-state index in [-0.39, 0.29) is 10.6 Å². The monoisotopic (exact) mass is 370 g/mol. The molecule has 0 radical (unpaired) electrons. The molecular formula is C19H16ClFN4O. The third kappa shape index (κ3) is 3.25. The summed E-state index contributed by atoms with van der Waals surface area (Å²) >= 11 is 5.86. The van der Waals surface area contributed by atoms with E-state index in [1.54, 1.807) is 30.5 Å². The number of aromatic amines is 1. The first-order valence-electron chi connectivity index (χ1n) is 8.30. The number of aromatic nitrogens is 3. The van der Waals surface area contributed by atoms with E-state index in [9.17, 15) is 9.18 Å². The molecule has 0 unspecified atom stereocenters. The normalized spacial score (nSPS) is 14.2. The Bertz CT molecular complexity index is 1010. The molecule has 3 heterocycles. The van der Waals surface area contributed by atoms with Crippen molar-refractivity contribution in [3.05, 3.63) is 80.6 Å². The van der Waals surface area contributed by atoms with Gasteiger partial charge in [-0.3, -0.25) is 14.7 Å². The van der Waals surface area contributed by atoms with Crippen molar-refractivity contribution in [2.24, 2.45) is 0 Å². The van der Waals surface area contributed by atoms with Crippen molar-refractivity contribution < 1.29 is 4.39 Å². The van der Waals surface area contributed by atoms with Crippen LogP contribution in [0.5, 0.6) is 0 Å². The molecule has 4 rings (SSSR count). The summed E-state index contributed by atoms with van der Waals surface area (Å²) < 4.78 is 14.2. The average Bonchev–Trinajstić information content (AvgIpc) is 2.66. The number of halogens is 2. The van der Waals surface area contributed by atoms with Crippen LogP contribution in [0.15, 0.2) is 47.4 Å². The van der Waals surface area contributed by atoms with Crippen molar-refractivity contribution in [3.63, 3.8) is 0 Å². The Morgan fingerprint density at radius 3 is 2.92 bits per heavy atom. The van der Waals surface area contributed by atoms with Crippen LogP contribution in [-0.4, -0.2) is 26.4 Å². The van der Waals surface area contributed by atoms with E-state index in [1.165, 1.54) is 6.07 Å². The predicted molar refractivity (Wildman–Crippen MR) is 97.3 cm³/mol. The smallest absolute Gasteiger partial charge is 0.254 e. The molecule has 5 nitrogen and oxygen atoms in total. The topological polar surface area (TPSA) is 61.9 Å². The van der Waals surface area contributed by atoms with Gasteiger partial charge in [0.15, 0.2) is 5.82 Å². The van der Waals surface area contributed by atoms with Crippen LogP contribution >= 0.6 is 11.6 Å². The van der Waals surface area contributed by atoms with Crippen LogP contribution in [-0.2, 0) is 19.5 Å². The van der Waals surface area contributed by atoms with Crippen LogP contribution in [0.4, 0.5) is 4.39 Å². The number of rotatable bonds is 3. The van der Waals surface area contributed by atoms with Crippen molar-refractivity contribution in [1.29, 1.82) is 0 Å². The number of pyridine rings is 1. The highest BCUT2D eigenvalue weighted by Gasteiger charge is 2.22. The van der Waals surface area contributed by atoms with E-state index in [1.807, 2.05) is 6.07 Å². The summed E-state index contributed by atoms with van der Waals surface area (Å²) in [5, 5.41) is 0.118. The SMILES string of the molecule is O=c1[nH]c(-c2ccccn2)nc2c1CCN(Cc1cccc(Cl)c1F)C2. The number of hydrogen-bond donors (Lipinski definition) is 1. The summed E-state index contributed by atoms with van der Waals surface area (Å²) in [5.41, 5.74) is 2.42. The molecule has 0 saturated carbocycles. The van der Waals surface area contributed by atoms with Gasteiger partial charge in [0, 0.05) is 37.0 Å². The molecule has 0 spiro atoms. The quantitative estimate of drug-likeness (QED) is 0.769. The maximum absolute atomic E-state index is 14.2. The van der Waals surface area contributed by atoms with E-state index in [0.717, 1.165) is 0 Å². The van der Waals surface area contributed by atoms with Crippen molar-refractivity contribution in [1.82, 2.24) is 19.9 Å². The second-order valence-electron chi connectivity index (χ2n) is 6.23. The fourth-order valence-corrected chi connectivity index (χ4v) is 3.36. The van der Waals surface area contributed by atoms with Crippen molar-refractivity contribution in [2.45, 2.75) is 19.5 Å². The van der Waals surface area contributed by atoms with Crippen LogP contribution in [0.1, 0.15) is 16.8 Å². The lowest BCUT2D eigenvalue weighted by molar-refractivity contribution is 0.237. The number of H-pyrrole nitrogens is 1. The van der Waals surface area contributed by atoms with Crippen LogP contribution in [0.3, 0.4) is 0 Å². The lowest BCUT2D eigenvalue weighted by Gasteiger charge is -2.27. The van der Waals surface area contributed by atoms with Crippen LogP contribution in [0.25, 0.3) is 11.5 Å². The van der Waals surface area contributed by atoms with Gasteiger partial charge < -0.3 is 4.98 Å². The van der Waals surface area contributed by atoms with E-state index >= 15 is 0 Å². The molecule has 0 atom stereocenters. The van der Waals surface area contributed by atoms with Gasteiger partial charge >= 0.3 is 0 Å². The van der Waals surface area contributed by atoms with Crippen LogP contribution < -0.4 is 5.56 Å². The summed E-state index contributed by atoms with van der Waals surface area (Å²) in [7, 11) is 0. The molecule has 0 fully saturated rings. The third-order valence-electron chi connectivity index (χ3n) is 4.49. The van der Waals surface area contributed by atoms with Crippen molar-refractivity contribution in [3.8, 4) is 11.5 Å². The van der Waals surface area contributed by atoms with E-state index < -0.39 is 5.82 Å². The number of fused-ring (bicyclic) bond motifs is 1. The molecule has 1 aliphatic heterocycles. The lowest BCUT2D eigenvalue weighted by atomic mass is 10.1. The standard InChI is InChI=1S/C19H16ClFN4O/c20-14-5-3-4-12(17(14)21)10-25-9-7-13-16(11-25)23-18(24-19(13)26)15-6-1-2-8-22-15/h1-6,8H,7,9-11H2,(H,23,24,26). The predicted octanol–water partition coefficient (Wildman–Crippen LogP) is 3.18. The van der Waals surface area contributed by atoms with Gasteiger partial charge in [0.2, 0.25) is 0 Å². The van der Waals surface area contributed by atoms with Crippen molar-refractivity contribution >= 4 is 11.6 Å².